The van der Waals surface area contributed by atoms with E-state index in [4.69, 9.17) is 10.5 Å². The lowest BCUT2D eigenvalue weighted by Gasteiger charge is -2.31. The third kappa shape index (κ3) is 3.26. The van der Waals surface area contributed by atoms with Crippen molar-refractivity contribution < 1.29 is 4.74 Å². The van der Waals surface area contributed by atoms with Gasteiger partial charge in [-0.25, -0.2) is 9.97 Å². The highest BCUT2D eigenvalue weighted by Crippen LogP contribution is 2.22. The Morgan fingerprint density at radius 3 is 2.55 bits per heavy atom. The highest BCUT2D eigenvalue weighted by atomic mass is 16.5. The molecule has 1 fully saturated rings. The van der Waals surface area contributed by atoms with Gasteiger partial charge in [0.25, 0.3) is 0 Å². The standard InChI is InChI=1S/C17H22N4O/c1-22-16-5-7-21(8-6-16)17-19-11-15(12-20-17)14-4-2-3-13(9-14)10-18/h2-4,9,11-12,16H,5-8,10,18H2,1H3. The number of anilines is 1. The molecule has 1 aliphatic rings. The molecular formula is C17H22N4O. The second kappa shape index (κ2) is 6.85. The van der Waals surface area contributed by atoms with Crippen LogP contribution in [-0.4, -0.2) is 36.3 Å². The van der Waals surface area contributed by atoms with Crippen LogP contribution in [0.5, 0.6) is 0 Å². The van der Waals surface area contributed by atoms with Gasteiger partial charge in [0.05, 0.1) is 6.10 Å². The van der Waals surface area contributed by atoms with Gasteiger partial charge in [-0.1, -0.05) is 18.2 Å². The Morgan fingerprint density at radius 2 is 1.91 bits per heavy atom. The zero-order chi connectivity index (χ0) is 15.4. The van der Waals surface area contributed by atoms with Gasteiger partial charge in [-0.2, -0.15) is 0 Å². The van der Waals surface area contributed by atoms with E-state index in [1.807, 2.05) is 24.5 Å². The Balaban J connectivity index is 1.72. The molecule has 0 amide bonds. The largest absolute Gasteiger partial charge is 0.381 e. The van der Waals surface area contributed by atoms with E-state index in [9.17, 15) is 0 Å². The summed E-state index contributed by atoms with van der Waals surface area (Å²) in [5.41, 5.74) is 8.93. The molecular weight excluding hydrogens is 276 g/mol. The summed E-state index contributed by atoms with van der Waals surface area (Å²) in [6.45, 7) is 2.43. The fourth-order valence-electron chi connectivity index (χ4n) is 2.80. The van der Waals surface area contributed by atoms with E-state index in [1.54, 1.807) is 7.11 Å². The molecule has 22 heavy (non-hydrogen) atoms. The summed E-state index contributed by atoms with van der Waals surface area (Å²) in [6, 6.07) is 8.18. The minimum Gasteiger partial charge on any atom is -0.381 e. The van der Waals surface area contributed by atoms with Crippen molar-refractivity contribution in [2.24, 2.45) is 5.73 Å². The molecule has 1 saturated heterocycles. The molecule has 0 aliphatic carbocycles. The van der Waals surface area contributed by atoms with Crippen LogP contribution in [0, 0.1) is 0 Å². The number of piperidine rings is 1. The fraction of sp³-hybridized carbons (Fsp3) is 0.412. The Labute approximate surface area is 131 Å². The number of methoxy groups -OCH3 is 1. The maximum absolute atomic E-state index is 5.69. The van der Waals surface area contributed by atoms with E-state index in [0.717, 1.165) is 48.6 Å². The molecule has 0 bridgehead atoms. The summed E-state index contributed by atoms with van der Waals surface area (Å²) in [5, 5.41) is 0. The normalized spacial score (nSPS) is 16.0. The van der Waals surface area contributed by atoms with Crippen molar-refractivity contribution in [3.05, 3.63) is 42.2 Å². The van der Waals surface area contributed by atoms with Crippen molar-refractivity contribution in [2.75, 3.05) is 25.1 Å². The van der Waals surface area contributed by atoms with E-state index < -0.39 is 0 Å². The second-order valence-corrected chi connectivity index (χ2v) is 5.60. The van der Waals surface area contributed by atoms with Crippen LogP contribution < -0.4 is 10.6 Å². The number of ether oxygens (including phenoxy) is 1. The third-order valence-corrected chi connectivity index (χ3v) is 4.19. The van der Waals surface area contributed by atoms with Crippen LogP contribution in [0.1, 0.15) is 18.4 Å². The first kappa shape index (κ1) is 14.9. The van der Waals surface area contributed by atoms with Gasteiger partial charge in [-0.15, -0.1) is 0 Å². The van der Waals surface area contributed by atoms with Gasteiger partial charge < -0.3 is 15.4 Å². The monoisotopic (exact) mass is 298 g/mol. The van der Waals surface area contributed by atoms with Gasteiger partial charge in [0.2, 0.25) is 5.95 Å². The highest BCUT2D eigenvalue weighted by Gasteiger charge is 2.20. The first-order valence-corrected chi connectivity index (χ1v) is 7.69. The molecule has 5 nitrogen and oxygen atoms in total. The maximum Gasteiger partial charge on any atom is 0.225 e. The smallest absolute Gasteiger partial charge is 0.225 e. The predicted molar refractivity (Wildman–Crippen MR) is 87.6 cm³/mol. The Bertz CT molecular complexity index is 606. The molecule has 116 valence electrons. The van der Waals surface area contributed by atoms with Crippen LogP contribution in [0.2, 0.25) is 0 Å². The Hall–Kier alpha value is -1.98. The van der Waals surface area contributed by atoms with E-state index >= 15 is 0 Å². The predicted octanol–water partition coefficient (Wildman–Crippen LogP) is 2.22. The molecule has 1 aromatic carbocycles. The lowest BCUT2D eigenvalue weighted by molar-refractivity contribution is 0.0816. The molecule has 2 heterocycles. The quantitative estimate of drug-likeness (QED) is 0.937. The number of nitrogens with two attached hydrogens (primary N) is 1. The molecule has 0 radical (unpaired) electrons. The Morgan fingerprint density at radius 1 is 1.18 bits per heavy atom. The van der Waals surface area contributed by atoms with Crippen LogP contribution in [0.4, 0.5) is 5.95 Å². The molecule has 0 spiro atoms. The van der Waals surface area contributed by atoms with Crippen molar-refractivity contribution in [3.63, 3.8) is 0 Å². The number of benzene rings is 1. The maximum atomic E-state index is 5.69. The van der Waals surface area contributed by atoms with E-state index in [-0.39, 0.29) is 0 Å². The van der Waals surface area contributed by atoms with Gasteiger partial charge in [0, 0.05) is 44.7 Å². The van der Waals surface area contributed by atoms with Crippen molar-refractivity contribution >= 4 is 5.95 Å². The van der Waals surface area contributed by atoms with Crippen LogP contribution in [-0.2, 0) is 11.3 Å². The molecule has 1 aromatic heterocycles. The van der Waals surface area contributed by atoms with Crippen molar-refractivity contribution in [2.45, 2.75) is 25.5 Å². The summed E-state index contributed by atoms with van der Waals surface area (Å²) < 4.78 is 5.40. The lowest BCUT2D eigenvalue weighted by Crippen LogP contribution is -2.37. The third-order valence-electron chi connectivity index (χ3n) is 4.19. The summed E-state index contributed by atoms with van der Waals surface area (Å²) in [4.78, 5) is 11.3. The fourth-order valence-corrected chi connectivity index (χ4v) is 2.80. The van der Waals surface area contributed by atoms with Gasteiger partial charge in [-0.3, -0.25) is 0 Å². The first-order chi connectivity index (χ1) is 10.8. The van der Waals surface area contributed by atoms with Gasteiger partial charge in [-0.05, 0) is 30.0 Å². The van der Waals surface area contributed by atoms with Crippen LogP contribution >= 0.6 is 0 Å². The number of rotatable bonds is 4. The molecule has 3 rings (SSSR count). The molecule has 2 N–H and O–H groups in total. The summed E-state index contributed by atoms with van der Waals surface area (Å²) >= 11 is 0. The van der Waals surface area contributed by atoms with E-state index in [0.29, 0.717) is 12.6 Å². The Kier molecular flexibility index (Phi) is 4.65. The number of aromatic nitrogens is 2. The number of nitrogens with zero attached hydrogens (tertiary/aromatic N) is 3. The molecule has 0 saturated carbocycles. The van der Waals surface area contributed by atoms with Crippen molar-refractivity contribution in [1.82, 2.24) is 9.97 Å². The molecule has 5 heteroatoms. The lowest BCUT2D eigenvalue weighted by atomic mass is 10.1. The van der Waals surface area contributed by atoms with E-state index in [2.05, 4.69) is 27.0 Å². The zero-order valence-electron chi connectivity index (χ0n) is 12.9. The number of hydrogen-bond acceptors (Lipinski definition) is 5. The van der Waals surface area contributed by atoms with Crippen LogP contribution in [0.3, 0.4) is 0 Å². The first-order valence-electron chi connectivity index (χ1n) is 7.69. The molecule has 1 aliphatic heterocycles. The zero-order valence-corrected chi connectivity index (χ0v) is 12.9. The topological polar surface area (TPSA) is 64.3 Å². The van der Waals surface area contributed by atoms with Gasteiger partial charge in [0.1, 0.15) is 0 Å². The van der Waals surface area contributed by atoms with Crippen molar-refractivity contribution in [1.29, 1.82) is 0 Å². The van der Waals surface area contributed by atoms with Gasteiger partial charge >= 0.3 is 0 Å². The SMILES string of the molecule is COC1CCN(c2ncc(-c3cccc(CN)c3)cn2)CC1. The summed E-state index contributed by atoms with van der Waals surface area (Å²) in [6.07, 6.45) is 6.20. The highest BCUT2D eigenvalue weighted by molar-refractivity contribution is 5.62. The molecule has 2 aromatic rings. The minimum absolute atomic E-state index is 0.370. The minimum atomic E-state index is 0.370. The summed E-state index contributed by atoms with van der Waals surface area (Å²) in [7, 11) is 1.78. The van der Waals surface area contributed by atoms with Crippen LogP contribution in [0.15, 0.2) is 36.7 Å². The average Bonchev–Trinajstić information content (AvgIpc) is 2.62. The average molecular weight is 298 g/mol. The number of hydrogen-bond donors (Lipinski definition) is 1. The van der Waals surface area contributed by atoms with Crippen molar-refractivity contribution in [3.8, 4) is 11.1 Å². The molecule has 0 atom stereocenters. The second-order valence-electron chi connectivity index (χ2n) is 5.60. The van der Waals surface area contributed by atoms with E-state index in [1.165, 1.54) is 0 Å². The van der Waals surface area contributed by atoms with Crippen LogP contribution in [0.25, 0.3) is 11.1 Å². The summed E-state index contributed by atoms with van der Waals surface area (Å²) in [5.74, 6) is 0.799. The van der Waals surface area contributed by atoms with Gasteiger partial charge in [0.15, 0.2) is 0 Å². The molecule has 0 unspecified atom stereocenters.